The third kappa shape index (κ3) is 1.71. The first-order valence-corrected chi connectivity index (χ1v) is 4.63. The van der Waals surface area contributed by atoms with Crippen LogP contribution in [0.15, 0.2) is 22.7 Å². The van der Waals surface area contributed by atoms with Gasteiger partial charge in [0.1, 0.15) is 0 Å². The fraction of sp³-hybridized carbons (Fsp3) is 0. The van der Waals surface area contributed by atoms with E-state index in [0.717, 1.165) is 10.0 Å². The van der Waals surface area contributed by atoms with Crippen LogP contribution in [0.25, 0.3) is 11.4 Å². The molecule has 0 amide bonds. The van der Waals surface area contributed by atoms with E-state index in [-0.39, 0.29) is 0 Å². The molecule has 0 saturated heterocycles. The van der Waals surface area contributed by atoms with E-state index in [0.29, 0.717) is 10.8 Å². The Balaban J connectivity index is 2.57. The molecule has 1 aromatic heterocycles. The van der Waals surface area contributed by atoms with Crippen molar-refractivity contribution in [1.29, 1.82) is 0 Å². The van der Waals surface area contributed by atoms with Crippen molar-refractivity contribution in [2.24, 2.45) is 0 Å². The highest BCUT2D eigenvalue weighted by atomic mass is 79.9. The summed E-state index contributed by atoms with van der Waals surface area (Å²) in [6.07, 6.45) is 0. The van der Waals surface area contributed by atoms with E-state index in [2.05, 4.69) is 36.6 Å². The van der Waals surface area contributed by atoms with E-state index < -0.39 is 0 Å². The summed E-state index contributed by atoms with van der Waals surface area (Å²) in [5, 5.41) is 14.2. The van der Waals surface area contributed by atoms with Gasteiger partial charge < -0.3 is 0 Å². The molecule has 4 nitrogen and oxygen atoms in total. The van der Waals surface area contributed by atoms with E-state index in [1.165, 1.54) is 0 Å². The van der Waals surface area contributed by atoms with Gasteiger partial charge in [0.25, 0.3) is 0 Å². The molecule has 1 heterocycles. The summed E-state index contributed by atoms with van der Waals surface area (Å²) in [7, 11) is 0. The maximum absolute atomic E-state index is 5.83. The molecule has 0 bridgehead atoms. The van der Waals surface area contributed by atoms with Crippen LogP contribution in [-0.2, 0) is 0 Å². The van der Waals surface area contributed by atoms with Crippen LogP contribution in [0.3, 0.4) is 0 Å². The lowest BCUT2D eigenvalue weighted by molar-refractivity contribution is 0.881. The lowest BCUT2D eigenvalue weighted by Crippen LogP contribution is -1.82. The quantitative estimate of drug-likeness (QED) is 0.855. The van der Waals surface area contributed by atoms with Crippen molar-refractivity contribution >= 4 is 27.5 Å². The number of tetrazole rings is 1. The molecular weight excluding hydrogens is 255 g/mol. The van der Waals surface area contributed by atoms with Crippen LogP contribution in [0, 0.1) is 0 Å². The lowest BCUT2D eigenvalue weighted by Gasteiger charge is -1.98. The molecule has 13 heavy (non-hydrogen) atoms. The Morgan fingerprint density at radius 2 is 2.23 bits per heavy atom. The molecule has 1 aromatic carbocycles. The molecule has 0 aliphatic heterocycles. The number of hydrogen-bond donors (Lipinski definition) is 1. The summed E-state index contributed by atoms with van der Waals surface area (Å²) < 4.78 is 0.887. The third-order valence-electron chi connectivity index (χ3n) is 1.51. The average molecular weight is 259 g/mol. The van der Waals surface area contributed by atoms with Gasteiger partial charge in [-0.3, -0.25) is 0 Å². The van der Waals surface area contributed by atoms with Gasteiger partial charge in [0.2, 0.25) is 5.82 Å². The number of rotatable bonds is 1. The number of aromatic nitrogens is 4. The van der Waals surface area contributed by atoms with Crippen LogP contribution in [0.5, 0.6) is 0 Å². The van der Waals surface area contributed by atoms with Crippen LogP contribution in [0.1, 0.15) is 0 Å². The molecule has 0 spiro atoms. The molecule has 2 aromatic rings. The van der Waals surface area contributed by atoms with Crippen molar-refractivity contribution < 1.29 is 0 Å². The van der Waals surface area contributed by atoms with Crippen LogP contribution >= 0.6 is 27.5 Å². The molecule has 0 aliphatic carbocycles. The standard InChI is InChI=1S/C7H4BrClN4/c8-6-2-1-4(9)3-5(6)7-10-12-13-11-7/h1-3H,(H,10,11,12,13). The molecule has 1 N–H and O–H groups in total. The van der Waals surface area contributed by atoms with E-state index in [9.17, 15) is 0 Å². The minimum absolute atomic E-state index is 0.523. The average Bonchev–Trinajstić information content (AvgIpc) is 2.61. The number of halogens is 2. The van der Waals surface area contributed by atoms with Crippen molar-refractivity contribution in [1.82, 2.24) is 20.6 Å². The van der Waals surface area contributed by atoms with Crippen molar-refractivity contribution in [3.05, 3.63) is 27.7 Å². The predicted molar refractivity (Wildman–Crippen MR) is 52.3 cm³/mol. The largest absolute Gasteiger partial charge is 0.205 e. The third-order valence-corrected chi connectivity index (χ3v) is 2.44. The van der Waals surface area contributed by atoms with Crippen molar-refractivity contribution in [2.75, 3.05) is 0 Å². The Kier molecular flexibility index (Phi) is 2.28. The molecule has 66 valence electrons. The first-order valence-electron chi connectivity index (χ1n) is 3.46. The topological polar surface area (TPSA) is 54.5 Å². The van der Waals surface area contributed by atoms with Gasteiger partial charge in [-0.25, -0.2) is 0 Å². The van der Waals surface area contributed by atoms with E-state index >= 15 is 0 Å². The summed E-state index contributed by atoms with van der Waals surface area (Å²) in [5.74, 6) is 0.523. The molecule has 0 atom stereocenters. The Bertz CT molecular complexity index is 414. The zero-order valence-corrected chi connectivity index (χ0v) is 8.67. The fourth-order valence-corrected chi connectivity index (χ4v) is 1.54. The van der Waals surface area contributed by atoms with Gasteiger partial charge in [-0.2, -0.15) is 5.21 Å². The Labute approximate surface area is 87.4 Å². The number of benzene rings is 1. The van der Waals surface area contributed by atoms with E-state index in [1.807, 2.05) is 6.07 Å². The zero-order valence-electron chi connectivity index (χ0n) is 6.33. The molecule has 0 unspecified atom stereocenters. The maximum Gasteiger partial charge on any atom is 0.205 e. The Morgan fingerprint density at radius 3 is 2.92 bits per heavy atom. The molecule has 0 radical (unpaired) electrons. The molecule has 0 fully saturated rings. The highest BCUT2D eigenvalue weighted by Gasteiger charge is 2.07. The first-order chi connectivity index (χ1) is 6.27. The van der Waals surface area contributed by atoms with Gasteiger partial charge >= 0.3 is 0 Å². The van der Waals surface area contributed by atoms with Crippen LogP contribution < -0.4 is 0 Å². The normalized spacial score (nSPS) is 10.3. The van der Waals surface area contributed by atoms with Gasteiger partial charge in [-0.1, -0.05) is 27.5 Å². The number of nitrogens with zero attached hydrogens (tertiary/aromatic N) is 3. The molecule has 0 saturated carbocycles. The lowest BCUT2D eigenvalue weighted by atomic mass is 10.2. The second kappa shape index (κ2) is 3.43. The Morgan fingerprint density at radius 1 is 1.38 bits per heavy atom. The van der Waals surface area contributed by atoms with Gasteiger partial charge in [-0.15, -0.1) is 10.2 Å². The van der Waals surface area contributed by atoms with Crippen LogP contribution in [0.2, 0.25) is 5.02 Å². The van der Waals surface area contributed by atoms with Crippen molar-refractivity contribution in [3.63, 3.8) is 0 Å². The number of H-pyrrole nitrogens is 1. The summed E-state index contributed by atoms with van der Waals surface area (Å²) >= 11 is 9.20. The van der Waals surface area contributed by atoms with E-state index in [4.69, 9.17) is 11.6 Å². The molecular formula is C7H4BrClN4. The van der Waals surface area contributed by atoms with Gasteiger partial charge in [0.15, 0.2) is 0 Å². The summed E-state index contributed by atoms with van der Waals surface area (Å²) in [4.78, 5) is 0. The second-order valence-corrected chi connectivity index (χ2v) is 3.65. The summed E-state index contributed by atoms with van der Waals surface area (Å²) in [6.45, 7) is 0. The highest BCUT2D eigenvalue weighted by molar-refractivity contribution is 9.10. The zero-order chi connectivity index (χ0) is 9.26. The van der Waals surface area contributed by atoms with E-state index in [1.54, 1.807) is 12.1 Å². The monoisotopic (exact) mass is 258 g/mol. The minimum atomic E-state index is 0.523. The SMILES string of the molecule is Clc1ccc(Br)c(-c2nn[nH]n2)c1. The minimum Gasteiger partial charge on any atom is -0.177 e. The molecule has 2 rings (SSSR count). The smallest absolute Gasteiger partial charge is 0.177 e. The highest BCUT2D eigenvalue weighted by Crippen LogP contribution is 2.27. The second-order valence-electron chi connectivity index (χ2n) is 2.36. The Hall–Kier alpha value is -0.940. The predicted octanol–water partition coefficient (Wildman–Crippen LogP) is 2.28. The van der Waals surface area contributed by atoms with Crippen molar-refractivity contribution in [3.8, 4) is 11.4 Å². The van der Waals surface area contributed by atoms with Gasteiger partial charge in [0, 0.05) is 15.1 Å². The molecule has 0 aliphatic rings. The van der Waals surface area contributed by atoms with Crippen LogP contribution in [0.4, 0.5) is 0 Å². The van der Waals surface area contributed by atoms with Crippen molar-refractivity contribution in [2.45, 2.75) is 0 Å². The number of hydrogen-bond acceptors (Lipinski definition) is 3. The van der Waals surface area contributed by atoms with Gasteiger partial charge in [0.05, 0.1) is 0 Å². The maximum atomic E-state index is 5.83. The fourth-order valence-electron chi connectivity index (χ4n) is 0.945. The summed E-state index contributed by atoms with van der Waals surface area (Å²) in [5.41, 5.74) is 0.821. The van der Waals surface area contributed by atoms with Crippen LogP contribution in [-0.4, -0.2) is 20.6 Å². The number of aromatic amines is 1. The molecule has 6 heteroatoms. The number of nitrogens with one attached hydrogen (secondary N) is 1. The van der Waals surface area contributed by atoms with Gasteiger partial charge in [-0.05, 0) is 23.4 Å². The summed E-state index contributed by atoms with van der Waals surface area (Å²) in [6, 6.07) is 5.40. The first kappa shape index (κ1) is 8.65.